The predicted molar refractivity (Wildman–Crippen MR) is 142 cm³/mol. The number of carbonyl (C=O) groups excluding carboxylic acids is 1. The Kier molecular flexibility index (Phi) is 7.50. The third kappa shape index (κ3) is 5.37. The number of anilines is 2. The molecule has 1 amide bonds. The molecule has 0 aliphatic heterocycles. The van der Waals surface area contributed by atoms with E-state index in [-0.39, 0.29) is 23.6 Å². The smallest absolute Gasteiger partial charge is 0.326 e. The zero-order chi connectivity index (χ0) is 25.1. The molecule has 4 rings (SSSR count). The van der Waals surface area contributed by atoms with Gasteiger partial charge in [0.25, 0.3) is 0 Å². The van der Waals surface area contributed by atoms with E-state index in [2.05, 4.69) is 47.3 Å². The van der Waals surface area contributed by atoms with Gasteiger partial charge in [0.2, 0.25) is 5.91 Å². The number of amides is 1. The number of aromatic nitrogens is 2. The minimum atomic E-state index is -0.0758. The molecule has 0 saturated heterocycles. The van der Waals surface area contributed by atoms with E-state index in [1.807, 2.05) is 41.8 Å². The number of hydrogen-bond donors (Lipinski definition) is 2. The minimum Gasteiger partial charge on any atom is -0.496 e. The van der Waals surface area contributed by atoms with Crippen LogP contribution in [-0.2, 0) is 4.79 Å². The number of aromatic amines is 1. The molecule has 1 saturated carbocycles. The standard InChI is InChI=1S/C27H37N5O3/c1-18-9-12-20(17-24(18)35-5)28-26(33)19-10-13-21(14-11-19)32-23-8-6-7-22(25(23)29-27(32)34)31(4)16-15-30(2)3/h6-9,12,17,19,21H,10-11,13-16H2,1-5H3,(H,28,33)(H,29,34). The maximum atomic E-state index is 13.0. The van der Waals surface area contributed by atoms with Gasteiger partial charge in [-0.05, 0) is 70.5 Å². The summed E-state index contributed by atoms with van der Waals surface area (Å²) in [6.07, 6.45) is 3.09. The molecule has 0 radical (unpaired) electrons. The van der Waals surface area contributed by atoms with Crippen molar-refractivity contribution in [2.75, 3.05) is 51.6 Å². The van der Waals surface area contributed by atoms with Gasteiger partial charge in [-0.3, -0.25) is 9.36 Å². The number of H-pyrrole nitrogens is 1. The molecule has 0 spiro atoms. The third-order valence-corrected chi connectivity index (χ3v) is 7.13. The second-order valence-electron chi connectivity index (χ2n) is 9.88. The Morgan fingerprint density at radius 3 is 2.54 bits per heavy atom. The van der Waals surface area contributed by atoms with Crippen molar-refractivity contribution in [2.45, 2.75) is 38.6 Å². The number of hydrogen-bond acceptors (Lipinski definition) is 5. The SMILES string of the molecule is COc1cc(NC(=O)C2CCC(n3c(=O)[nH]c4c(N(C)CCN(C)C)cccc43)CC2)ccc1C. The average Bonchev–Trinajstić information content (AvgIpc) is 3.19. The molecule has 188 valence electrons. The molecule has 2 aromatic carbocycles. The minimum absolute atomic E-state index is 0.0328. The number of aryl methyl sites for hydroxylation is 1. The zero-order valence-corrected chi connectivity index (χ0v) is 21.4. The highest BCUT2D eigenvalue weighted by molar-refractivity contribution is 5.93. The number of nitrogens with one attached hydrogen (secondary N) is 2. The van der Waals surface area contributed by atoms with Gasteiger partial charge in [0.05, 0.1) is 23.8 Å². The summed E-state index contributed by atoms with van der Waals surface area (Å²) in [5, 5.41) is 3.04. The summed E-state index contributed by atoms with van der Waals surface area (Å²) in [5.41, 5.74) is 4.55. The summed E-state index contributed by atoms with van der Waals surface area (Å²) in [6.45, 7) is 3.77. The fraction of sp³-hybridized carbons (Fsp3) is 0.481. The van der Waals surface area contributed by atoms with Gasteiger partial charge < -0.3 is 24.8 Å². The summed E-state index contributed by atoms with van der Waals surface area (Å²) in [7, 11) is 7.80. The fourth-order valence-corrected chi connectivity index (χ4v) is 5.02. The number of imidazole rings is 1. The van der Waals surface area contributed by atoms with Gasteiger partial charge in [-0.15, -0.1) is 0 Å². The maximum Gasteiger partial charge on any atom is 0.326 e. The summed E-state index contributed by atoms with van der Waals surface area (Å²) < 4.78 is 7.27. The van der Waals surface area contributed by atoms with Gasteiger partial charge in [0, 0.05) is 43.9 Å². The molecule has 8 heteroatoms. The molecule has 1 aromatic heterocycles. The first-order valence-electron chi connectivity index (χ1n) is 12.3. The van der Waals surface area contributed by atoms with Crippen LogP contribution in [-0.4, -0.2) is 61.7 Å². The zero-order valence-electron chi connectivity index (χ0n) is 21.4. The Labute approximate surface area is 206 Å². The fourth-order valence-electron chi connectivity index (χ4n) is 5.02. The average molecular weight is 480 g/mol. The largest absolute Gasteiger partial charge is 0.496 e. The Balaban J connectivity index is 1.45. The molecule has 1 aliphatic rings. The first-order chi connectivity index (χ1) is 16.8. The first kappa shape index (κ1) is 24.9. The number of ether oxygens (including phenoxy) is 1. The van der Waals surface area contributed by atoms with Crippen LogP contribution in [0.15, 0.2) is 41.2 Å². The number of methoxy groups -OCH3 is 1. The topological polar surface area (TPSA) is 82.6 Å². The van der Waals surface area contributed by atoms with Crippen LogP contribution < -0.4 is 20.6 Å². The van der Waals surface area contributed by atoms with E-state index < -0.39 is 0 Å². The highest BCUT2D eigenvalue weighted by Crippen LogP contribution is 2.35. The van der Waals surface area contributed by atoms with Crippen molar-refractivity contribution in [1.82, 2.24) is 14.5 Å². The first-order valence-corrected chi connectivity index (χ1v) is 12.3. The summed E-state index contributed by atoms with van der Waals surface area (Å²) >= 11 is 0. The van der Waals surface area contributed by atoms with Crippen LogP contribution in [0.4, 0.5) is 11.4 Å². The van der Waals surface area contributed by atoms with Crippen molar-refractivity contribution in [3.63, 3.8) is 0 Å². The predicted octanol–water partition coefficient (Wildman–Crippen LogP) is 4.01. The Bertz CT molecular complexity index is 1240. The number of rotatable bonds is 8. The number of carbonyl (C=O) groups is 1. The lowest BCUT2D eigenvalue weighted by Crippen LogP contribution is -2.31. The Hall–Kier alpha value is -3.26. The second kappa shape index (κ2) is 10.6. The number of likely N-dealkylation sites (N-methyl/N-ethyl adjacent to an activating group) is 2. The molecular formula is C27H37N5O3. The van der Waals surface area contributed by atoms with Crippen molar-refractivity contribution in [2.24, 2.45) is 5.92 Å². The van der Waals surface area contributed by atoms with E-state index in [0.29, 0.717) is 0 Å². The van der Waals surface area contributed by atoms with Crippen LogP contribution in [0, 0.1) is 12.8 Å². The number of benzene rings is 2. The van der Waals surface area contributed by atoms with Crippen molar-refractivity contribution in [1.29, 1.82) is 0 Å². The van der Waals surface area contributed by atoms with Gasteiger partial charge in [0.15, 0.2) is 0 Å². The number of nitrogens with zero attached hydrogens (tertiary/aromatic N) is 3. The third-order valence-electron chi connectivity index (χ3n) is 7.13. The summed E-state index contributed by atoms with van der Waals surface area (Å²) in [6, 6.07) is 11.9. The molecule has 0 atom stereocenters. The van der Waals surface area contributed by atoms with Gasteiger partial charge in [-0.25, -0.2) is 4.79 Å². The Morgan fingerprint density at radius 1 is 1.11 bits per heavy atom. The summed E-state index contributed by atoms with van der Waals surface area (Å²) in [5.74, 6) is 0.731. The lowest BCUT2D eigenvalue weighted by Gasteiger charge is -2.29. The summed E-state index contributed by atoms with van der Waals surface area (Å²) in [4.78, 5) is 33.4. The van der Waals surface area contributed by atoms with Gasteiger partial charge in [-0.1, -0.05) is 12.1 Å². The van der Waals surface area contributed by atoms with E-state index in [0.717, 1.165) is 72.5 Å². The van der Waals surface area contributed by atoms with Crippen LogP contribution in [0.2, 0.25) is 0 Å². The van der Waals surface area contributed by atoms with E-state index in [9.17, 15) is 9.59 Å². The maximum absolute atomic E-state index is 13.0. The van der Waals surface area contributed by atoms with E-state index in [1.165, 1.54) is 0 Å². The van der Waals surface area contributed by atoms with Crippen molar-refractivity contribution < 1.29 is 9.53 Å². The molecule has 2 N–H and O–H groups in total. The lowest BCUT2D eigenvalue weighted by molar-refractivity contribution is -0.121. The molecule has 1 heterocycles. The normalized spacial score (nSPS) is 18.1. The van der Waals surface area contributed by atoms with Gasteiger partial charge in [0.1, 0.15) is 5.75 Å². The van der Waals surface area contributed by atoms with Crippen LogP contribution in [0.5, 0.6) is 5.75 Å². The molecular weight excluding hydrogens is 442 g/mol. The molecule has 1 aliphatic carbocycles. The van der Waals surface area contributed by atoms with Crippen LogP contribution >= 0.6 is 0 Å². The van der Waals surface area contributed by atoms with E-state index in [4.69, 9.17) is 4.74 Å². The quantitative estimate of drug-likeness (QED) is 0.510. The van der Waals surface area contributed by atoms with Gasteiger partial charge in [-0.2, -0.15) is 0 Å². The van der Waals surface area contributed by atoms with Crippen molar-refractivity contribution in [3.05, 3.63) is 52.4 Å². The molecule has 35 heavy (non-hydrogen) atoms. The molecule has 0 bridgehead atoms. The van der Waals surface area contributed by atoms with Crippen molar-refractivity contribution >= 4 is 28.3 Å². The second-order valence-corrected chi connectivity index (χ2v) is 9.88. The van der Waals surface area contributed by atoms with Gasteiger partial charge >= 0.3 is 5.69 Å². The molecule has 1 fully saturated rings. The van der Waals surface area contributed by atoms with E-state index in [1.54, 1.807) is 7.11 Å². The molecule has 0 unspecified atom stereocenters. The van der Waals surface area contributed by atoms with Crippen LogP contribution in [0.3, 0.4) is 0 Å². The lowest BCUT2D eigenvalue weighted by atomic mass is 9.85. The monoisotopic (exact) mass is 479 g/mol. The Morgan fingerprint density at radius 2 is 1.86 bits per heavy atom. The number of fused-ring (bicyclic) bond motifs is 1. The van der Waals surface area contributed by atoms with Crippen molar-refractivity contribution in [3.8, 4) is 5.75 Å². The van der Waals surface area contributed by atoms with Crippen LogP contribution in [0.1, 0.15) is 37.3 Å². The highest BCUT2D eigenvalue weighted by atomic mass is 16.5. The number of para-hydroxylation sites is 1. The molecule has 8 nitrogen and oxygen atoms in total. The highest BCUT2D eigenvalue weighted by Gasteiger charge is 2.29. The van der Waals surface area contributed by atoms with E-state index >= 15 is 0 Å². The molecule has 3 aromatic rings. The van der Waals surface area contributed by atoms with Crippen LogP contribution in [0.25, 0.3) is 11.0 Å².